The Labute approximate surface area is 124 Å². The van der Waals surface area contributed by atoms with E-state index in [1.807, 2.05) is 13.0 Å². The number of carbonyl (C=O) groups excluding carboxylic acids is 1. The lowest BCUT2D eigenvalue weighted by Gasteiger charge is -2.08. The highest BCUT2D eigenvalue weighted by molar-refractivity contribution is 6.36. The second kappa shape index (κ2) is 5.74. The first kappa shape index (κ1) is 14.1. The van der Waals surface area contributed by atoms with E-state index in [1.54, 1.807) is 12.1 Å². The van der Waals surface area contributed by atoms with E-state index in [1.165, 1.54) is 6.07 Å². The summed E-state index contributed by atoms with van der Waals surface area (Å²) in [6.07, 6.45) is 0. The van der Waals surface area contributed by atoms with Crippen molar-refractivity contribution in [1.82, 2.24) is 10.2 Å². The average Bonchev–Trinajstić information content (AvgIpc) is 2.35. The van der Waals surface area contributed by atoms with E-state index in [-0.39, 0.29) is 15.9 Å². The highest BCUT2D eigenvalue weighted by Crippen LogP contribution is 2.24. The zero-order valence-electron chi connectivity index (χ0n) is 9.75. The predicted molar refractivity (Wildman–Crippen MR) is 76.2 cm³/mol. The van der Waals surface area contributed by atoms with Gasteiger partial charge in [0.25, 0.3) is 5.91 Å². The van der Waals surface area contributed by atoms with Crippen LogP contribution in [0.25, 0.3) is 0 Å². The number of halogens is 3. The maximum atomic E-state index is 12.0. The number of aromatic nitrogens is 2. The molecule has 2 aromatic rings. The Balaban J connectivity index is 2.28. The van der Waals surface area contributed by atoms with Crippen LogP contribution in [-0.4, -0.2) is 16.1 Å². The molecular formula is C12H8Cl3N3O. The van der Waals surface area contributed by atoms with E-state index in [2.05, 4.69) is 15.5 Å². The quantitative estimate of drug-likeness (QED) is 0.911. The van der Waals surface area contributed by atoms with Crippen molar-refractivity contribution in [1.29, 1.82) is 0 Å². The van der Waals surface area contributed by atoms with E-state index in [0.29, 0.717) is 10.7 Å². The number of benzene rings is 1. The molecule has 1 aromatic carbocycles. The number of amides is 1. The molecule has 0 aliphatic rings. The lowest BCUT2D eigenvalue weighted by Crippen LogP contribution is -2.13. The number of anilines is 1. The van der Waals surface area contributed by atoms with Crippen molar-refractivity contribution in [2.45, 2.75) is 6.92 Å². The minimum absolute atomic E-state index is 0.0230. The van der Waals surface area contributed by atoms with Gasteiger partial charge in [0.05, 0.1) is 16.3 Å². The smallest absolute Gasteiger partial charge is 0.259 e. The molecule has 0 aliphatic carbocycles. The number of aryl methyl sites for hydroxylation is 1. The Kier molecular flexibility index (Phi) is 4.24. The molecule has 0 fully saturated rings. The molecule has 7 heteroatoms. The third-order valence-corrected chi connectivity index (χ3v) is 3.11. The normalized spacial score (nSPS) is 10.3. The second-order valence-corrected chi connectivity index (χ2v) is 4.96. The van der Waals surface area contributed by atoms with Crippen molar-refractivity contribution >= 4 is 46.4 Å². The topological polar surface area (TPSA) is 54.9 Å². The van der Waals surface area contributed by atoms with Gasteiger partial charge in [0.15, 0.2) is 10.3 Å². The molecule has 0 unspecified atom stereocenters. The molecule has 4 nitrogen and oxygen atoms in total. The maximum absolute atomic E-state index is 12.0. The average molecular weight is 317 g/mol. The predicted octanol–water partition coefficient (Wildman–Crippen LogP) is 4.00. The van der Waals surface area contributed by atoms with Crippen molar-refractivity contribution in [2.75, 3.05) is 5.32 Å². The third kappa shape index (κ3) is 3.35. The molecule has 0 bridgehead atoms. The minimum Gasteiger partial charge on any atom is -0.321 e. The molecule has 0 saturated carbocycles. The van der Waals surface area contributed by atoms with Gasteiger partial charge in [-0.3, -0.25) is 4.79 Å². The molecule has 98 valence electrons. The van der Waals surface area contributed by atoms with Gasteiger partial charge in [-0.1, -0.05) is 40.9 Å². The Morgan fingerprint density at radius 3 is 2.58 bits per heavy atom. The standard InChI is InChI=1S/C12H8Cl3N3O/c1-6-2-3-9(8(13)4-6)16-12(19)7-5-10(14)17-18-11(7)15/h2-5H,1H3,(H,16,19). The van der Waals surface area contributed by atoms with Crippen LogP contribution in [0.4, 0.5) is 5.69 Å². The van der Waals surface area contributed by atoms with Gasteiger partial charge in [-0.2, -0.15) is 0 Å². The van der Waals surface area contributed by atoms with Crippen molar-refractivity contribution in [3.8, 4) is 0 Å². The Morgan fingerprint density at radius 2 is 1.89 bits per heavy atom. The summed E-state index contributed by atoms with van der Waals surface area (Å²) in [6, 6.07) is 6.63. The number of carbonyl (C=O) groups is 1. The van der Waals surface area contributed by atoms with Crippen LogP contribution < -0.4 is 5.32 Å². The molecular weight excluding hydrogens is 309 g/mol. The van der Waals surface area contributed by atoms with Gasteiger partial charge in [0.2, 0.25) is 0 Å². The Bertz CT molecular complexity index is 646. The van der Waals surface area contributed by atoms with E-state index in [9.17, 15) is 4.79 Å². The SMILES string of the molecule is Cc1ccc(NC(=O)c2cc(Cl)nnc2Cl)c(Cl)c1. The molecule has 1 N–H and O–H groups in total. The van der Waals surface area contributed by atoms with E-state index in [0.717, 1.165) is 5.56 Å². The van der Waals surface area contributed by atoms with Crippen molar-refractivity contribution in [2.24, 2.45) is 0 Å². The first-order valence-corrected chi connectivity index (χ1v) is 6.37. The Hall–Kier alpha value is -1.36. The van der Waals surface area contributed by atoms with Crippen LogP contribution in [-0.2, 0) is 0 Å². The van der Waals surface area contributed by atoms with Crippen LogP contribution in [0.3, 0.4) is 0 Å². The van der Waals surface area contributed by atoms with E-state index >= 15 is 0 Å². The van der Waals surface area contributed by atoms with Gasteiger partial charge in [0.1, 0.15) is 0 Å². The van der Waals surface area contributed by atoms with Crippen molar-refractivity contribution in [3.63, 3.8) is 0 Å². The van der Waals surface area contributed by atoms with Crippen LogP contribution in [0.1, 0.15) is 15.9 Å². The molecule has 19 heavy (non-hydrogen) atoms. The number of hydrogen-bond acceptors (Lipinski definition) is 3. The third-order valence-electron chi connectivity index (χ3n) is 2.34. The zero-order valence-corrected chi connectivity index (χ0v) is 12.0. The number of nitrogens with zero attached hydrogens (tertiary/aromatic N) is 2. The van der Waals surface area contributed by atoms with Crippen LogP contribution >= 0.6 is 34.8 Å². The fraction of sp³-hybridized carbons (Fsp3) is 0.0833. The van der Waals surface area contributed by atoms with Crippen molar-refractivity contribution in [3.05, 3.63) is 50.7 Å². The highest BCUT2D eigenvalue weighted by Gasteiger charge is 2.14. The van der Waals surface area contributed by atoms with Gasteiger partial charge in [-0.15, -0.1) is 10.2 Å². The molecule has 0 aliphatic heterocycles. The van der Waals surface area contributed by atoms with E-state index in [4.69, 9.17) is 34.8 Å². The molecule has 0 atom stereocenters. The largest absolute Gasteiger partial charge is 0.321 e. The van der Waals surface area contributed by atoms with Gasteiger partial charge < -0.3 is 5.32 Å². The molecule has 1 amide bonds. The second-order valence-electron chi connectivity index (χ2n) is 3.81. The van der Waals surface area contributed by atoms with Crippen molar-refractivity contribution < 1.29 is 4.79 Å². The fourth-order valence-corrected chi connectivity index (χ4v) is 2.03. The number of nitrogens with one attached hydrogen (secondary N) is 1. The van der Waals surface area contributed by atoms with Crippen LogP contribution in [0, 0.1) is 6.92 Å². The molecule has 1 heterocycles. The van der Waals surface area contributed by atoms with Gasteiger partial charge in [0, 0.05) is 0 Å². The molecule has 0 saturated heterocycles. The lowest BCUT2D eigenvalue weighted by molar-refractivity contribution is 0.102. The van der Waals surface area contributed by atoms with Crippen LogP contribution in [0.2, 0.25) is 15.3 Å². The Morgan fingerprint density at radius 1 is 1.16 bits per heavy atom. The van der Waals surface area contributed by atoms with Crippen LogP contribution in [0.5, 0.6) is 0 Å². The van der Waals surface area contributed by atoms with Gasteiger partial charge in [-0.05, 0) is 30.7 Å². The number of hydrogen-bond donors (Lipinski definition) is 1. The molecule has 2 rings (SSSR count). The monoisotopic (exact) mass is 315 g/mol. The summed E-state index contributed by atoms with van der Waals surface area (Å²) in [5, 5.41) is 10.2. The summed E-state index contributed by atoms with van der Waals surface area (Å²) < 4.78 is 0. The highest BCUT2D eigenvalue weighted by atomic mass is 35.5. The first-order valence-electron chi connectivity index (χ1n) is 5.23. The van der Waals surface area contributed by atoms with Crippen LogP contribution in [0.15, 0.2) is 24.3 Å². The summed E-state index contributed by atoms with van der Waals surface area (Å²) in [5.74, 6) is -0.451. The maximum Gasteiger partial charge on any atom is 0.259 e. The fourth-order valence-electron chi connectivity index (χ4n) is 1.42. The molecule has 0 radical (unpaired) electrons. The summed E-state index contributed by atoms with van der Waals surface area (Å²) in [6.45, 7) is 1.90. The minimum atomic E-state index is -0.451. The summed E-state index contributed by atoms with van der Waals surface area (Å²) >= 11 is 17.5. The summed E-state index contributed by atoms with van der Waals surface area (Å²) in [4.78, 5) is 12.0. The van der Waals surface area contributed by atoms with E-state index < -0.39 is 5.91 Å². The summed E-state index contributed by atoms with van der Waals surface area (Å²) in [5.41, 5.74) is 1.62. The van der Waals surface area contributed by atoms with Gasteiger partial charge >= 0.3 is 0 Å². The first-order chi connectivity index (χ1) is 8.97. The molecule has 1 aromatic heterocycles. The molecule has 0 spiro atoms. The zero-order chi connectivity index (χ0) is 14.0. The lowest BCUT2D eigenvalue weighted by atomic mass is 10.2. The summed E-state index contributed by atoms with van der Waals surface area (Å²) in [7, 11) is 0. The van der Waals surface area contributed by atoms with Gasteiger partial charge in [-0.25, -0.2) is 0 Å². The number of rotatable bonds is 2.